The van der Waals surface area contributed by atoms with Crippen LogP contribution < -0.4 is 0 Å². The fourth-order valence-corrected chi connectivity index (χ4v) is 2.23. The van der Waals surface area contributed by atoms with Gasteiger partial charge < -0.3 is 0 Å². The molecule has 0 atom stereocenters. The first-order valence-electron chi connectivity index (χ1n) is 4.87. The Morgan fingerprint density at radius 2 is 2.00 bits per heavy atom. The Kier molecular flexibility index (Phi) is 1.48. The Morgan fingerprint density at radius 3 is 2.93 bits per heavy atom. The van der Waals surface area contributed by atoms with E-state index in [4.69, 9.17) is 0 Å². The van der Waals surface area contributed by atoms with E-state index < -0.39 is 0 Å². The number of rotatable bonds is 0. The summed E-state index contributed by atoms with van der Waals surface area (Å²) in [7, 11) is 0. The Labute approximate surface area is 82.8 Å². The van der Waals surface area contributed by atoms with Crippen molar-refractivity contribution < 1.29 is 4.79 Å². The van der Waals surface area contributed by atoms with Crippen LogP contribution in [-0.4, -0.2) is 5.78 Å². The van der Waals surface area contributed by atoms with Gasteiger partial charge in [0.1, 0.15) is 0 Å². The topological polar surface area (TPSA) is 17.1 Å². The number of ketones is 1. The molecule has 1 nitrogen and oxygen atoms in total. The molecular weight excluding hydrogens is 172 g/mol. The van der Waals surface area contributed by atoms with Gasteiger partial charge in [-0.2, -0.15) is 0 Å². The summed E-state index contributed by atoms with van der Waals surface area (Å²) in [6, 6.07) is 8.27. The Morgan fingerprint density at radius 1 is 1.14 bits per heavy atom. The molecule has 68 valence electrons. The Bertz CT molecular complexity index is 478. The van der Waals surface area contributed by atoms with Crippen LogP contribution in [-0.2, 0) is 11.2 Å². The zero-order valence-electron chi connectivity index (χ0n) is 7.79. The van der Waals surface area contributed by atoms with E-state index in [2.05, 4.69) is 18.2 Å². The highest BCUT2D eigenvalue weighted by Crippen LogP contribution is 2.36. The molecule has 2 aliphatic carbocycles. The second kappa shape index (κ2) is 2.68. The molecule has 0 saturated heterocycles. The summed E-state index contributed by atoms with van der Waals surface area (Å²) in [5.74, 6) is 0.290. The maximum atomic E-state index is 11.6. The number of fused-ring (bicyclic) bond motifs is 2. The molecule has 14 heavy (non-hydrogen) atoms. The van der Waals surface area contributed by atoms with Crippen LogP contribution >= 0.6 is 0 Å². The Balaban J connectivity index is 2.22. The van der Waals surface area contributed by atoms with E-state index in [0.29, 0.717) is 12.2 Å². The summed E-state index contributed by atoms with van der Waals surface area (Å²) >= 11 is 0. The van der Waals surface area contributed by atoms with Gasteiger partial charge in [0.15, 0.2) is 5.78 Å². The fraction of sp³-hybridized carbons (Fsp3) is 0.154. The van der Waals surface area contributed by atoms with Crippen molar-refractivity contribution in [3.63, 3.8) is 0 Å². The van der Waals surface area contributed by atoms with Crippen LogP contribution in [0.3, 0.4) is 0 Å². The predicted molar refractivity (Wildman–Crippen MR) is 55.8 cm³/mol. The van der Waals surface area contributed by atoms with Crippen LogP contribution in [0.25, 0.3) is 5.57 Å². The van der Waals surface area contributed by atoms with Crippen molar-refractivity contribution >= 4 is 11.4 Å². The van der Waals surface area contributed by atoms with Crippen LogP contribution in [0.15, 0.2) is 42.0 Å². The number of hydrogen-bond donors (Lipinski definition) is 0. The van der Waals surface area contributed by atoms with Gasteiger partial charge in [0.2, 0.25) is 0 Å². The van der Waals surface area contributed by atoms with Crippen molar-refractivity contribution in [2.75, 3.05) is 0 Å². The minimum Gasteiger partial charge on any atom is -0.294 e. The van der Waals surface area contributed by atoms with Gasteiger partial charge in [0.05, 0.1) is 0 Å². The van der Waals surface area contributed by atoms with Crippen LogP contribution in [0.1, 0.15) is 17.5 Å². The van der Waals surface area contributed by atoms with Gasteiger partial charge in [0.25, 0.3) is 0 Å². The quantitative estimate of drug-likeness (QED) is 0.602. The van der Waals surface area contributed by atoms with E-state index in [1.54, 1.807) is 0 Å². The number of hydrogen-bond acceptors (Lipinski definition) is 1. The number of allylic oxidation sites excluding steroid dienone is 4. The van der Waals surface area contributed by atoms with Crippen molar-refractivity contribution in [3.8, 4) is 0 Å². The van der Waals surface area contributed by atoms with Crippen molar-refractivity contribution in [2.45, 2.75) is 12.8 Å². The molecule has 0 fully saturated rings. The second-order valence-corrected chi connectivity index (χ2v) is 3.76. The van der Waals surface area contributed by atoms with E-state index in [9.17, 15) is 4.79 Å². The molecule has 1 heteroatoms. The van der Waals surface area contributed by atoms with E-state index >= 15 is 0 Å². The molecular formula is C13H10O. The third-order valence-electron chi connectivity index (χ3n) is 2.92. The number of Topliss-reactive ketones (excluding diaryl/α,β-unsaturated/α-hetero) is 1. The summed E-state index contributed by atoms with van der Waals surface area (Å²) < 4.78 is 0. The van der Waals surface area contributed by atoms with Crippen LogP contribution in [0.5, 0.6) is 0 Å². The molecule has 0 unspecified atom stereocenters. The second-order valence-electron chi connectivity index (χ2n) is 3.76. The summed E-state index contributed by atoms with van der Waals surface area (Å²) in [6.07, 6.45) is 5.45. The van der Waals surface area contributed by atoms with Crippen molar-refractivity contribution in [3.05, 3.63) is 53.1 Å². The van der Waals surface area contributed by atoms with Crippen molar-refractivity contribution in [1.82, 2.24) is 0 Å². The first kappa shape index (κ1) is 7.74. The van der Waals surface area contributed by atoms with Crippen molar-refractivity contribution in [1.29, 1.82) is 0 Å². The maximum Gasteiger partial charge on any atom is 0.163 e. The van der Waals surface area contributed by atoms with E-state index in [1.807, 2.05) is 18.2 Å². The highest BCUT2D eigenvalue weighted by Gasteiger charge is 2.25. The minimum absolute atomic E-state index is 0.290. The van der Waals surface area contributed by atoms with Gasteiger partial charge in [-0.15, -0.1) is 0 Å². The minimum atomic E-state index is 0.290. The molecule has 0 amide bonds. The molecule has 1 aromatic rings. The SMILES string of the molecule is O=C1CC=CC2=C1Cc1ccccc12. The Hall–Kier alpha value is -1.63. The molecule has 0 N–H and O–H groups in total. The average Bonchev–Trinajstić information content (AvgIpc) is 2.59. The monoisotopic (exact) mass is 182 g/mol. The summed E-state index contributed by atoms with van der Waals surface area (Å²) in [5, 5.41) is 0. The highest BCUT2D eigenvalue weighted by atomic mass is 16.1. The standard InChI is InChI=1S/C13H10O/c14-13-7-3-6-11-10-5-2-1-4-9(10)8-12(11)13/h1-6H,7-8H2. The summed E-state index contributed by atoms with van der Waals surface area (Å²) in [5.41, 5.74) is 4.69. The van der Waals surface area contributed by atoms with Gasteiger partial charge in [-0.25, -0.2) is 0 Å². The summed E-state index contributed by atoms with van der Waals surface area (Å²) in [4.78, 5) is 11.6. The molecule has 0 spiro atoms. The zero-order valence-corrected chi connectivity index (χ0v) is 7.79. The molecule has 0 saturated carbocycles. The zero-order chi connectivity index (χ0) is 9.54. The van der Waals surface area contributed by atoms with Crippen LogP contribution in [0, 0.1) is 0 Å². The van der Waals surface area contributed by atoms with Gasteiger partial charge in [-0.05, 0) is 16.7 Å². The fourth-order valence-electron chi connectivity index (χ4n) is 2.23. The first-order chi connectivity index (χ1) is 6.86. The normalized spacial score (nSPS) is 18.4. The lowest BCUT2D eigenvalue weighted by atomic mass is 9.97. The molecule has 3 rings (SSSR count). The number of benzene rings is 1. The lowest BCUT2D eigenvalue weighted by Crippen LogP contribution is -2.04. The lowest BCUT2D eigenvalue weighted by molar-refractivity contribution is -0.114. The van der Waals surface area contributed by atoms with Gasteiger partial charge in [-0.1, -0.05) is 36.4 Å². The smallest absolute Gasteiger partial charge is 0.163 e. The largest absolute Gasteiger partial charge is 0.294 e. The molecule has 0 aromatic heterocycles. The number of carbonyl (C=O) groups is 1. The molecule has 2 aliphatic rings. The third-order valence-corrected chi connectivity index (χ3v) is 2.92. The van der Waals surface area contributed by atoms with Crippen LogP contribution in [0.4, 0.5) is 0 Å². The lowest BCUT2D eigenvalue weighted by Gasteiger charge is -2.06. The van der Waals surface area contributed by atoms with Gasteiger partial charge >= 0.3 is 0 Å². The van der Waals surface area contributed by atoms with Gasteiger partial charge in [0, 0.05) is 18.4 Å². The molecule has 0 bridgehead atoms. The summed E-state index contributed by atoms with van der Waals surface area (Å²) in [6.45, 7) is 0. The third kappa shape index (κ3) is 0.925. The van der Waals surface area contributed by atoms with E-state index in [-0.39, 0.29) is 0 Å². The number of carbonyl (C=O) groups excluding carboxylic acids is 1. The van der Waals surface area contributed by atoms with Crippen molar-refractivity contribution in [2.24, 2.45) is 0 Å². The first-order valence-corrected chi connectivity index (χ1v) is 4.87. The molecule has 0 aliphatic heterocycles. The van der Waals surface area contributed by atoms with E-state index in [1.165, 1.54) is 11.1 Å². The molecule has 0 radical (unpaired) electrons. The molecule has 1 aromatic carbocycles. The van der Waals surface area contributed by atoms with Gasteiger partial charge in [-0.3, -0.25) is 4.79 Å². The van der Waals surface area contributed by atoms with E-state index in [0.717, 1.165) is 17.6 Å². The maximum absolute atomic E-state index is 11.6. The van der Waals surface area contributed by atoms with Crippen LogP contribution in [0.2, 0.25) is 0 Å². The molecule has 0 heterocycles. The predicted octanol–water partition coefficient (Wildman–Crippen LogP) is 2.53. The average molecular weight is 182 g/mol. The highest BCUT2D eigenvalue weighted by molar-refractivity contribution is 6.09.